The van der Waals surface area contributed by atoms with Crippen molar-refractivity contribution in [3.8, 4) is 5.75 Å². The topological polar surface area (TPSA) is 76.0 Å². The fourth-order valence-corrected chi connectivity index (χ4v) is 1.17. The van der Waals surface area contributed by atoms with Crippen molar-refractivity contribution in [3.63, 3.8) is 0 Å². The van der Waals surface area contributed by atoms with E-state index in [2.05, 4.69) is 4.65 Å². The molecule has 5 nitrogen and oxygen atoms in total. The van der Waals surface area contributed by atoms with Gasteiger partial charge in [-0.15, -0.1) is 0 Å². The number of rotatable bonds is 5. The quantitative estimate of drug-likeness (QED) is 0.445. The Morgan fingerprint density at radius 1 is 1.47 bits per heavy atom. The molecular weight excluding hydrogens is 223 g/mol. The largest absolute Gasteiger partial charge is 0.707 e. The molecule has 6 heteroatoms. The first-order chi connectivity index (χ1) is 8.11. The Morgan fingerprint density at radius 3 is 2.88 bits per heavy atom. The summed E-state index contributed by atoms with van der Waals surface area (Å²) in [5.41, 5.74) is 0.691. The van der Waals surface area contributed by atoms with Gasteiger partial charge in [-0.05, 0) is 30.7 Å². The molecule has 2 N–H and O–H groups in total. The predicted molar refractivity (Wildman–Crippen MR) is 62.9 cm³/mol. The summed E-state index contributed by atoms with van der Waals surface area (Å²) in [6, 6.07) is 6.55. The third-order valence-electron chi connectivity index (χ3n) is 1.80. The fourth-order valence-electron chi connectivity index (χ4n) is 1.17. The van der Waals surface area contributed by atoms with Gasteiger partial charge in [0.15, 0.2) is 0 Å². The van der Waals surface area contributed by atoms with E-state index < -0.39 is 13.3 Å². The minimum absolute atomic E-state index is 0.297. The third-order valence-corrected chi connectivity index (χ3v) is 1.80. The molecule has 0 radical (unpaired) electrons. The number of hydrogen-bond acceptors (Lipinski definition) is 5. The average molecular weight is 236 g/mol. The first-order valence-corrected chi connectivity index (χ1v) is 5.09. The summed E-state index contributed by atoms with van der Waals surface area (Å²) in [5, 5.41) is 17.3. The van der Waals surface area contributed by atoms with Crippen LogP contribution in [0.3, 0.4) is 0 Å². The molecule has 0 spiro atoms. The van der Waals surface area contributed by atoms with E-state index in [-0.39, 0.29) is 0 Å². The summed E-state index contributed by atoms with van der Waals surface area (Å²) in [7, 11) is -1.86. The maximum Gasteiger partial charge on any atom is 0.707 e. The maximum absolute atomic E-state index is 11.1. The van der Waals surface area contributed by atoms with E-state index in [0.29, 0.717) is 17.9 Å². The molecule has 0 aliphatic rings. The number of ether oxygens (including phenoxy) is 1. The van der Waals surface area contributed by atoms with Gasteiger partial charge in [-0.3, -0.25) is 0 Å². The molecule has 0 aromatic heterocycles. The molecule has 0 unspecified atom stereocenters. The van der Waals surface area contributed by atoms with E-state index in [4.69, 9.17) is 14.8 Å². The van der Waals surface area contributed by atoms with Crippen LogP contribution in [0.25, 0.3) is 6.08 Å². The van der Waals surface area contributed by atoms with Crippen LogP contribution in [0.15, 0.2) is 30.3 Å². The van der Waals surface area contributed by atoms with Gasteiger partial charge in [-0.25, -0.2) is 4.79 Å². The molecule has 0 aliphatic carbocycles. The normalized spacial score (nSPS) is 10.3. The van der Waals surface area contributed by atoms with Crippen LogP contribution in [0.5, 0.6) is 5.75 Å². The summed E-state index contributed by atoms with van der Waals surface area (Å²) < 4.78 is 9.39. The molecule has 0 heterocycles. The van der Waals surface area contributed by atoms with Gasteiger partial charge in [0.25, 0.3) is 0 Å². The maximum atomic E-state index is 11.1. The van der Waals surface area contributed by atoms with Crippen LogP contribution in [0.2, 0.25) is 0 Å². The Balaban J connectivity index is 2.68. The predicted octanol–water partition coefficient (Wildman–Crippen LogP) is 0.611. The lowest BCUT2D eigenvalue weighted by Crippen LogP contribution is -2.20. The highest BCUT2D eigenvalue weighted by molar-refractivity contribution is 6.33. The zero-order chi connectivity index (χ0) is 12.7. The SMILES string of the molecule is CCOC(=O)/C=C/c1cccc(OB(O)O)c1. The molecular formula is C11H13BO5. The Kier molecular flexibility index (Phi) is 5.25. The Morgan fingerprint density at radius 2 is 2.24 bits per heavy atom. The molecule has 90 valence electrons. The number of carbonyl (C=O) groups is 1. The second kappa shape index (κ2) is 6.72. The van der Waals surface area contributed by atoms with Crippen molar-refractivity contribution in [2.45, 2.75) is 6.92 Å². The van der Waals surface area contributed by atoms with Crippen molar-refractivity contribution in [1.82, 2.24) is 0 Å². The number of esters is 1. The molecule has 17 heavy (non-hydrogen) atoms. The van der Waals surface area contributed by atoms with E-state index in [0.717, 1.165) is 0 Å². The summed E-state index contributed by atoms with van der Waals surface area (Å²) in [4.78, 5) is 11.1. The van der Waals surface area contributed by atoms with Gasteiger partial charge in [-0.2, -0.15) is 0 Å². The minimum Gasteiger partial charge on any atom is -0.512 e. The van der Waals surface area contributed by atoms with Gasteiger partial charge >= 0.3 is 13.3 Å². The molecule has 0 atom stereocenters. The Hall–Kier alpha value is -1.79. The smallest absolute Gasteiger partial charge is 0.512 e. The van der Waals surface area contributed by atoms with E-state index in [1.807, 2.05) is 0 Å². The number of benzene rings is 1. The molecule has 1 aromatic rings. The van der Waals surface area contributed by atoms with Crippen LogP contribution < -0.4 is 4.65 Å². The molecule has 1 aromatic carbocycles. The van der Waals surface area contributed by atoms with E-state index >= 15 is 0 Å². The Labute approximate surface area is 99.5 Å². The zero-order valence-electron chi connectivity index (χ0n) is 9.37. The van der Waals surface area contributed by atoms with Crippen molar-refractivity contribution < 1.29 is 24.2 Å². The average Bonchev–Trinajstić information content (AvgIpc) is 2.26. The van der Waals surface area contributed by atoms with Crippen LogP contribution in [-0.2, 0) is 9.53 Å². The van der Waals surface area contributed by atoms with Gasteiger partial charge in [0.05, 0.1) is 6.61 Å². The van der Waals surface area contributed by atoms with Crippen LogP contribution >= 0.6 is 0 Å². The van der Waals surface area contributed by atoms with Gasteiger partial charge in [0.1, 0.15) is 5.75 Å². The second-order valence-electron chi connectivity index (χ2n) is 3.10. The minimum atomic E-state index is -1.86. The van der Waals surface area contributed by atoms with E-state index in [1.54, 1.807) is 37.3 Å². The van der Waals surface area contributed by atoms with Crippen LogP contribution in [0.4, 0.5) is 0 Å². The first-order valence-electron chi connectivity index (χ1n) is 5.09. The highest BCUT2D eigenvalue weighted by atomic mass is 16.6. The zero-order valence-corrected chi connectivity index (χ0v) is 9.37. The highest BCUT2D eigenvalue weighted by Gasteiger charge is 2.10. The van der Waals surface area contributed by atoms with Crippen molar-refractivity contribution in [2.75, 3.05) is 6.61 Å². The molecule has 1 rings (SSSR count). The van der Waals surface area contributed by atoms with E-state index in [9.17, 15) is 4.79 Å². The molecule has 0 saturated heterocycles. The third kappa shape index (κ3) is 5.19. The van der Waals surface area contributed by atoms with Gasteiger partial charge in [-0.1, -0.05) is 12.1 Å². The van der Waals surface area contributed by atoms with Crippen LogP contribution in [0.1, 0.15) is 12.5 Å². The van der Waals surface area contributed by atoms with Crippen LogP contribution in [0, 0.1) is 0 Å². The standard InChI is InChI=1S/C11H13BO5/c1-2-16-11(13)7-6-9-4-3-5-10(8-9)17-12(14)15/h3-8,14-15H,2H2,1H3/b7-6+. The molecule has 0 aliphatic heterocycles. The van der Waals surface area contributed by atoms with E-state index in [1.165, 1.54) is 6.08 Å². The molecule has 0 fully saturated rings. The monoisotopic (exact) mass is 236 g/mol. The lowest BCUT2D eigenvalue weighted by atomic mass is 10.2. The van der Waals surface area contributed by atoms with Crippen molar-refractivity contribution in [3.05, 3.63) is 35.9 Å². The lowest BCUT2D eigenvalue weighted by Gasteiger charge is -2.04. The molecule has 0 bridgehead atoms. The Bertz CT molecular complexity index is 403. The second-order valence-corrected chi connectivity index (χ2v) is 3.10. The summed E-state index contributed by atoms with van der Waals surface area (Å²) in [5.74, 6) is -0.132. The summed E-state index contributed by atoms with van der Waals surface area (Å²) >= 11 is 0. The first kappa shape index (κ1) is 13.3. The molecule has 0 saturated carbocycles. The number of carbonyl (C=O) groups excluding carboxylic acids is 1. The molecule has 0 amide bonds. The van der Waals surface area contributed by atoms with Gasteiger partial charge in [0, 0.05) is 6.08 Å². The van der Waals surface area contributed by atoms with Crippen molar-refractivity contribution in [2.24, 2.45) is 0 Å². The number of hydrogen-bond donors (Lipinski definition) is 2. The fraction of sp³-hybridized carbons (Fsp3) is 0.182. The van der Waals surface area contributed by atoms with Crippen LogP contribution in [-0.4, -0.2) is 29.9 Å². The van der Waals surface area contributed by atoms with Crippen molar-refractivity contribution in [1.29, 1.82) is 0 Å². The van der Waals surface area contributed by atoms with Crippen molar-refractivity contribution >= 4 is 19.4 Å². The summed E-state index contributed by atoms with van der Waals surface area (Å²) in [6.07, 6.45) is 2.84. The lowest BCUT2D eigenvalue weighted by molar-refractivity contribution is -0.137. The summed E-state index contributed by atoms with van der Waals surface area (Å²) in [6.45, 7) is 2.05. The highest BCUT2D eigenvalue weighted by Crippen LogP contribution is 2.14. The van der Waals surface area contributed by atoms with Gasteiger partial charge < -0.3 is 19.4 Å². The van der Waals surface area contributed by atoms with Gasteiger partial charge in [0.2, 0.25) is 0 Å².